The van der Waals surface area contributed by atoms with Gasteiger partial charge in [0.1, 0.15) is 0 Å². The van der Waals surface area contributed by atoms with Crippen LogP contribution in [0.5, 0.6) is 0 Å². The van der Waals surface area contributed by atoms with E-state index in [2.05, 4.69) is 24.7 Å². The molecule has 0 unspecified atom stereocenters. The number of ketones is 2. The molecule has 0 radical (unpaired) electrons. The Morgan fingerprint density at radius 1 is 1.13 bits per heavy atom. The summed E-state index contributed by atoms with van der Waals surface area (Å²) in [5.41, 5.74) is 0.779. The molecule has 0 aromatic carbocycles. The van der Waals surface area contributed by atoms with E-state index in [0.717, 1.165) is 32.1 Å². The van der Waals surface area contributed by atoms with Crippen molar-refractivity contribution in [1.29, 1.82) is 0 Å². The Morgan fingerprint density at radius 2 is 1.87 bits per heavy atom. The summed E-state index contributed by atoms with van der Waals surface area (Å²) in [6.45, 7) is 3.48. The first-order valence-corrected chi connectivity index (χ1v) is 10.7. The fourth-order valence-corrected chi connectivity index (χ4v) is 7.05. The second-order valence-corrected chi connectivity index (χ2v) is 9.82. The van der Waals surface area contributed by atoms with Gasteiger partial charge in [-0.15, -0.1) is 0 Å². The number of alkyl halides is 3. The number of carbonyl (C=O) groups is 3. The lowest BCUT2D eigenvalue weighted by Crippen LogP contribution is -2.50. The van der Waals surface area contributed by atoms with Gasteiger partial charge in [-0.1, -0.05) is 25.5 Å². The van der Waals surface area contributed by atoms with Gasteiger partial charge in [-0.3, -0.25) is 9.59 Å². The molecule has 7 heteroatoms. The number of hydrogen-bond donors (Lipinski definition) is 0. The molecule has 164 valence electrons. The lowest BCUT2D eigenvalue weighted by molar-refractivity contribution is -0.200. The van der Waals surface area contributed by atoms with Gasteiger partial charge in [0.05, 0.1) is 0 Å². The second-order valence-electron chi connectivity index (χ2n) is 9.82. The molecule has 0 spiro atoms. The first kappa shape index (κ1) is 21.3. The van der Waals surface area contributed by atoms with Gasteiger partial charge in [-0.2, -0.15) is 13.2 Å². The van der Waals surface area contributed by atoms with Crippen LogP contribution < -0.4 is 0 Å². The van der Waals surface area contributed by atoms with Gasteiger partial charge in [-0.25, -0.2) is 4.79 Å². The average Bonchev–Trinajstić information content (AvgIpc) is 3.03. The number of hydrogen-bond acceptors (Lipinski definition) is 4. The molecule has 3 fully saturated rings. The Bertz CT molecular complexity index is 842. The predicted molar refractivity (Wildman–Crippen MR) is 102 cm³/mol. The summed E-state index contributed by atoms with van der Waals surface area (Å²) in [4.78, 5) is 35.5. The van der Waals surface area contributed by atoms with Crippen molar-refractivity contribution in [2.24, 2.45) is 34.5 Å². The van der Waals surface area contributed by atoms with E-state index in [1.54, 1.807) is 12.2 Å². The maximum absolute atomic E-state index is 12.7. The summed E-state index contributed by atoms with van der Waals surface area (Å²) in [5, 5.41) is 0. The van der Waals surface area contributed by atoms with E-state index in [4.69, 9.17) is 0 Å². The highest BCUT2D eigenvalue weighted by molar-refractivity contribution is 6.01. The van der Waals surface area contributed by atoms with Gasteiger partial charge in [0.2, 0.25) is 0 Å². The van der Waals surface area contributed by atoms with Crippen LogP contribution in [0.25, 0.3) is 0 Å². The SMILES string of the molecule is C[C@]12CC[C@H]3[C@@H](CCC4=CC(=O)C=C[C@@]43C)[C@@H]1CC[C@@H]2C(=O)COC(=O)C(F)(F)F. The zero-order valence-corrected chi connectivity index (χ0v) is 17.3. The van der Waals surface area contributed by atoms with Crippen molar-refractivity contribution in [3.63, 3.8) is 0 Å². The topological polar surface area (TPSA) is 60.4 Å². The lowest BCUT2D eigenvalue weighted by Gasteiger charge is -2.56. The van der Waals surface area contributed by atoms with E-state index in [0.29, 0.717) is 24.2 Å². The van der Waals surface area contributed by atoms with Gasteiger partial charge in [0, 0.05) is 11.3 Å². The van der Waals surface area contributed by atoms with Gasteiger partial charge in [0.25, 0.3) is 0 Å². The summed E-state index contributed by atoms with van der Waals surface area (Å²) in [6.07, 6.45) is 5.45. The van der Waals surface area contributed by atoms with Crippen molar-refractivity contribution in [3.05, 3.63) is 23.8 Å². The molecule has 4 rings (SSSR count). The molecule has 0 heterocycles. The fourth-order valence-electron chi connectivity index (χ4n) is 7.05. The first-order valence-electron chi connectivity index (χ1n) is 10.7. The van der Waals surface area contributed by atoms with Crippen molar-refractivity contribution in [1.82, 2.24) is 0 Å². The van der Waals surface area contributed by atoms with Crippen LogP contribution in [0.3, 0.4) is 0 Å². The fraction of sp³-hybridized carbons (Fsp3) is 0.696. The maximum Gasteiger partial charge on any atom is 0.490 e. The average molecular weight is 424 g/mol. The van der Waals surface area contributed by atoms with Crippen LogP contribution in [-0.2, 0) is 19.1 Å². The molecule has 4 nitrogen and oxygen atoms in total. The van der Waals surface area contributed by atoms with Crippen LogP contribution >= 0.6 is 0 Å². The van der Waals surface area contributed by atoms with Crippen molar-refractivity contribution in [3.8, 4) is 0 Å². The molecule has 0 aromatic rings. The summed E-state index contributed by atoms with van der Waals surface area (Å²) >= 11 is 0. The third-order valence-corrected chi connectivity index (χ3v) is 8.52. The molecule has 3 saturated carbocycles. The van der Waals surface area contributed by atoms with Crippen molar-refractivity contribution in [2.45, 2.75) is 58.5 Å². The van der Waals surface area contributed by atoms with Gasteiger partial charge in [-0.05, 0) is 73.8 Å². The molecule has 0 aliphatic heterocycles. The zero-order valence-electron chi connectivity index (χ0n) is 17.3. The number of halogens is 3. The van der Waals surface area contributed by atoms with Crippen LogP contribution in [0.15, 0.2) is 23.8 Å². The monoisotopic (exact) mass is 424 g/mol. The quantitative estimate of drug-likeness (QED) is 0.622. The Kier molecular flexibility index (Phi) is 5.02. The number of rotatable bonds is 3. The number of ether oxygens (including phenoxy) is 1. The van der Waals surface area contributed by atoms with Crippen LogP contribution in [0.2, 0.25) is 0 Å². The van der Waals surface area contributed by atoms with Crippen molar-refractivity contribution in [2.75, 3.05) is 6.61 Å². The number of carbonyl (C=O) groups excluding carboxylic acids is 3. The first-order chi connectivity index (χ1) is 14.0. The Morgan fingerprint density at radius 3 is 2.57 bits per heavy atom. The molecule has 30 heavy (non-hydrogen) atoms. The Balaban J connectivity index is 1.50. The van der Waals surface area contributed by atoms with E-state index < -0.39 is 24.5 Å². The van der Waals surface area contributed by atoms with Crippen LogP contribution in [0, 0.1) is 34.5 Å². The summed E-state index contributed by atoms with van der Waals surface area (Å²) in [7, 11) is 0. The van der Waals surface area contributed by atoms with E-state index in [1.165, 1.54) is 5.57 Å². The highest BCUT2D eigenvalue weighted by Crippen LogP contribution is 2.66. The van der Waals surface area contributed by atoms with E-state index in [-0.39, 0.29) is 22.5 Å². The Hall–Kier alpha value is -1.92. The van der Waals surface area contributed by atoms with E-state index >= 15 is 0 Å². The summed E-state index contributed by atoms with van der Waals surface area (Å²) in [6, 6.07) is 0. The van der Waals surface area contributed by atoms with Crippen molar-refractivity contribution >= 4 is 17.5 Å². The lowest BCUT2D eigenvalue weighted by atomic mass is 9.47. The molecule has 4 aliphatic rings. The van der Waals surface area contributed by atoms with Gasteiger partial charge >= 0.3 is 12.1 Å². The summed E-state index contributed by atoms with van der Waals surface area (Å²) in [5.74, 6) is -1.91. The molecular weight excluding hydrogens is 397 g/mol. The minimum absolute atomic E-state index is 0.0431. The molecule has 0 N–H and O–H groups in total. The van der Waals surface area contributed by atoms with Crippen LogP contribution in [0.1, 0.15) is 52.4 Å². The smallest absolute Gasteiger partial charge is 0.451 e. The third kappa shape index (κ3) is 3.25. The largest absolute Gasteiger partial charge is 0.490 e. The normalized spacial score (nSPS) is 40.2. The summed E-state index contributed by atoms with van der Waals surface area (Å²) < 4.78 is 41.4. The van der Waals surface area contributed by atoms with Gasteiger partial charge < -0.3 is 4.74 Å². The molecule has 0 saturated heterocycles. The molecule has 0 aromatic heterocycles. The highest BCUT2D eigenvalue weighted by atomic mass is 19.4. The van der Waals surface area contributed by atoms with E-state index in [1.807, 2.05) is 0 Å². The zero-order chi connectivity index (χ0) is 21.9. The molecular formula is C23H27F3O4. The third-order valence-electron chi connectivity index (χ3n) is 8.52. The van der Waals surface area contributed by atoms with E-state index in [9.17, 15) is 27.6 Å². The van der Waals surface area contributed by atoms with Crippen molar-refractivity contribution < 1.29 is 32.3 Å². The van der Waals surface area contributed by atoms with Gasteiger partial charge in [0.15, 0.2) is 18.2 Å². The van der Waals surface area contributed by atoms with Crippen LogP contribution in [0.4, 0.5) is 13.2 Å². The molecule has 0 bridgehead atoms. The second kappa shape index (κ2) is 7.06. The standard InChI is InChI=1S/C23H27F3O4/c1-21-9-7-14(27)11-13(21)3-4-15-16-5-6-18(22(16,2)10-8-17(15)21)19(28)12-30-20(29)23(24,25)26/h7,9,11,15-18H,3-6,8,10,12H2,1-2H3/t15-,16-,17-,18+,21-,22-/m0/s1. The number of esters is 1. The minimum atomic E-state index is -5.09. The molecule has 4 aliphatic carbocycles. The van der Waals surface area contributed by atoms with Crippen LogP contribution in [-0.4, -0.2) is 30.3 Å². The molecule has 6 atom stereocenters. The molecule has 0 amide bonds. The predicted octanol–water partition coefficient (Wildman–Crippen LogP) is 4.59. The Labute approximate surface area is 173 Å². The maximum atomic E-state index is 12.7. The number of allylic oxidation sites excluding steroid dienone is 4. The number of Topliss-reactive ketones (excluding diaryl/α,β-unsaturated/α-hetero) is 1. The number of fused-ring (bicyclic) bond motifs is 5. The minimum Gasteiger partial charge on any atom is -0.451 e. The highest BCUT2D eigenvalue weighted by Gasteiger charge is 2.59.